The highest BCUT2D eigenvalue weighted by Gasteiger charge is 2.29. The summed E-state index contributed by atoms with van der Waals surface area (Å²) in [4.78, 5) is 33.5. The van der Waals surface area contributed by atoms with Crippen molar-refractivity contribution in [3.63, 3.8) is 0 Å². The average molecular weight is 422 g/mol. The molecule has 0 radical (unpaired) electrons. The van der Waals surface area contributed by atoms with Gasteiger partial charge in [0.25, 0.3) is 5.56 Å². The van der Waals surface area contributed by atoms with Gasteiger partial charge in [0.2, 0.25) is 5.91 Å². The highest BCUT2D eigenvalue weighted by atomic mass is 16.5. The molecule has 1 heterocycles. The molecule has 0 N–H and O–H groups in total. The molecule has 3 aromatic rings. The summed E-state index contributed by atoms with van der Waals surface area (Å²) in [6.45, 7) is 8.59. The summed E-state index contributed by atoms with van der Waals surface area (Å²) in [6.07, 6.45) is 1.09. The first-order valence-corrected chi connectivity index (χ1v) is 10.9. The minimum absolute atomic E-state index is 0.0679. The summed E-state index contributed by atoms with van der Waals surface area (Å²) in [5.41, 5.74) is 1.07. The molecule has 1 unspecified atom stereocenters. The van der Waals surface area contributed by atoms with Crippen LogP contribution in [-0.2, 0) is 4.79 Å². The molecule has 1 aromatic heterocycles. The van der Waals surface area contributed by atoms with Crippen molar-refractivity contribution >= 4 is 16.8 Å². The van der Waals surface area contributed by atoms with E-state index in [2.05, 4.69) is 0 Å². The van der Waals surface area contributed by atoms with E-state index < -0.39 is 0 Å². The van der Waals surface area contributed by atoms with E-state index in [0.29, 0.717) is 47.6 Å². The van der Waals surface area contributed by atoms with E-state index in [9.17, 15) is 9.59 Å². The number of hydrogen-bond donors (Lipinski definition) is 0. The number of hydrogen-bond acceptors (Lipinski definition) is 4. The molecule has 0 fully saturated rings. The molecule has 31 heavy (non-hydrogen) atoms. The fraction of sp³-hybridized carbons (Fsp3) is 0.400. The molecule has 0 saturated heterocycles. The van der Waals surface area contributed by atoms with Crippen LogP contribution < -0.4 is 10.3 Å². The lowest BCUT2D eigenvalue weighted by Crippen LogP contribution is -2.38. The zero-order valence-corrected chi connectivity index (χ0v) is 19.0. The van der Waals surface area contributed by atoms with Gasteiger partial charge in [0.15, 0.2) is 0 Å². The number of benzene rings is 2. The van der Waals surface area contributed by atoms with Gasteiger partial charge in [-0.2, -0.15) is 0 Å². The first-order valence-electron chi connectivity index (χ1n) is 10.9. The Morgan fingerprint density at radius 2 is 1.77 bits per heavy atom. The molecule has 0 aliphatic carbocycles. The Morgan fingerprint density at radius 3 is 2.42 bits per heavy atom. The molecular formula is C25H31N3O3. The van der Waals surface area contributed by atoms with Crippen LogP contribution in [-0.4, -0.2) is 34.0 Å². The molecule has 6 heteroatoms. The van der Waals surface area contributed by atoms with Crippen molar-refractivity contribution in [3.8, 4) is 11.4 Å². The summed E-state index contributed by atoms with van der Waals surface area (Å²) in [6, 6.07) is 14.4. The number of rotatable bonds is 8. The largest absolute Gasteiger partial charge is 0.495 e. The van der Waals surface area contributed by atoms with E-state index in [1.54, 1.807) is 17.7 Å². The van der Waals surface area contributed by atoms with Crippen LogP contribution in [0.15, 0.2) is 53.3 Å². The van der Waals surface area contributed by atoms with Crippen LogP contribution in [0.1, 0.15) is 52.4 Å². The maximum absolute atomic E-state index is 13.7. The SMILES string of the molecule is CCC(c1nc2ccccc2c(=O)n1-c1ccccc1OC)N(CC)C(=O)CC(C)C. The fourth-order valence-electron chi connectivity index (χ4n) is 4.00. The van der Waals surface area contributed by atoms with E-state index in [0.717, 1.165) is 0 Å². The molecule has 3 rings (SSSR count). The third kappa shape index (κ3) is 4.48. The van der Waals surface area contributed by atoms with Gasteiger partial charge in [-0.3, -0.25) is 14.2 Å². The molecular weight excluding hydrogens is 390 g/mol. The monoisotopic (exact) mass is 421 g/mol. The molecule has 1 amide bonds. The van der Waals surface area contributed by atoms with Crippen molar-refractivity contribution < 1.29 is 9.53 Å². The Balaban J connectivity index is 2.31. The number of ether oxygens (including phenoxy) is 1. The zero-order chi connectivity index (χ0) is 22.5. The zero-order valence-electron chi connectivity index (χ0n) is 19.0. The van der Waals surface area contributed by atoms with E-state index in [1.807, 2.05) is 75.1 Å². The van der Waals surface area contributed by atoms with Crippen molar-refractivity contribution in [2.75, 3.05) is 13.7 Å². The molecule has 164 valence electrons. The van der Waals surface area contributed by atoms with Crippen LogP contribution in [0.2, 0.25) is 0 Å². The lowest BCUT2D eigenvalue weighted by molar-refractivity contribution is -0.134. The summed E-state index contributed by atoms with van der Waals surface area (Å²) >= 11 is 0. The number of amides is 1. The maximum atomic E-state index is 13.7. The summed E-state index contributed by atoms with van der Waals surface area (Å²) in [5.74, 6) is 1.45. The van der Waals surface area contributed by atoms with Crippen LogP contribution in [0.25, 0.3) is 16.6 Å². The van der Waals surface area contributed by atoms with E-state index >= 15 is 0 Å². The van der Waals surface area contributed by atoms with Gasteiger partial charge in [-0.15, -0.1) is 0 Å². The average Bonchev–Trinajstić information content (AvgIpc) is 2.76. The number of methoxy groups -OCH3 is 1. The highest BCUT2D eigenvalue weighted by Crippen LogP contribution is 2.30. The number of para-hydroxylation sites is 3. The van der Waals surface area contributed by atoms with Crippen molar-refractivity contribution in [2.45, 2.75) is 46.6 Å². The Labute approximate surface area is 183 Å². The second kappa shape index (κ2) is 9.77. The topological polar surface area (TPSA) is 64.4 Å². The lowest BCUT2D eigenvalue weighted by Gasteiger charge is -2.32. The van der Waals surface area contributed by atoms with Gasteiger partial charge >= 0.3 is 0 Å². The summed E-state index contributed by atoms with van der Waals surface area (Å²) < 4.78 is 7.17. The molecule has 6 nitrogen and oxygen atoms in total. The second-order valence-electron chi connectivity index (χ2n) is 8.00. The quantitative estimate of drug-likeness (QED) is 0.527. The van der Waals surface area contributed by atoms with Gasteiger partial charge in [-0.05, 0) is 43.5 Å². The Bertz CT molecular complexity index is 1120. The Hall–Kier alpha value is -3.15. The molecule has 0 spiro atoms. The van der Waals surface area contributed by atoms with Crippen LogP contribution in [0, 0.1) is 5.92 Å². The molecule has 0 aliphatic rings. The van der Waals surface area contributed by atoms with E-state index in [-0.39, 0.29) is 23.4 Å². The number of fused-ring (bicyclic) bond motifs is 1. The van der Waals surface area contributed by atoms with Gasteiger partial charge in [-0.25, -0.2) is 4.98 Å². The van der Waals surface area contributed by atoms with Crippen LogP contribution in [0.4, 0.5) is 0 Å². The first kappa shape index (κ1) is 22.5. The first-order chi connectivity index (χ1) is 14.9. The van der Waals surface area contributed by atoms with Crippen molar-refractivity contribution in [3.05, 3.63) is 64.7 Å². The number of carbonyl (C=O) groups is 1. The number of nitrogens with zero attached hydrogens (tertiary/aromatic N) is 3. The molecule has 2 aromatic carbocycles. The van der Waals surface area contributed by atoms with Gasteiger partial charge in [0.1, 0.15) is 11.6 Å². The fourth-order valence-corrected chi connectivity index (χ4v) is 4.00. The number of aromatic nitrogens is 2. The van der Waals surface area contributed by atoms with Crippen molar-refractivity contribution in [1.29, 1.82) is 0 Å². The molecule has 0 aliphatic heterocycles. The van der Waals surface area contributed by atoms with Crippen LogP contribution >= 0.6 is 0 Å². The van der Waals surface area contributed by atoms with E-state index in [4.69, 9.17) is 9.72 Å². The molecule has 0 bridgehead atoms. The second-order valence-corrected chi connectivity index (χ2v) is 8.00. The smallest absolute Gasteiger partial charge is 0.266 e. The lowest BCUT2D eigenvalue weighted by atomic mass is 10.1. The molecule has 1 atom stereocenters. The van der Waals surface area contributed by atoms with Crippen molar-refractivity contribution in [2.24, 2.45) is 5.92 Å². The van der Waals surface area contributed by atoms with E-state index in [1.165, 1.54) is 0 Å². The normalized spacial score (nSPS) is 12.2. The Morgan fingerprint density at radius 1 is 1.10 bits per heavy atom. The summed E-state index contributed by atoms with van der Waals surface area (Å²) in [7, 11) is 1.58. The third-order valence-electron chi connectivity index (χ3n) is 5.43. The summed E-state index contributed by atoms with van der Waals surface area (Å²) in [5, 5.41) is 0.531. The van der Waals surface area contributed by atoms with Gasteiger partial charge in [0, 0.05) is 13.0 Å². The minimum Gasteiger partial charge on any atom is -0.495 e. The molecule has 0 saturated carbocycles. The standard InChI is InChI=1S/C25H31N3O3/c1-6-20(27(7-2)23(29)16-17(3)4)24-26-19-13-9-8-12-18(19)25(30)28(24)21-14-10-11-15-22(21)31-5/h8-15,17,20H,6-7,16H2,1-5H3. The van der Waals surface area contributed by atoms with Gasteiger partial charge in [-0.1, -0.05) is 45.0 Å². The predicted octanol–water partition coefficient (Wildman–Crippen LogP) is 4.74. The van der Waals surface area contributed by atoms with Gasteiger partial charge < -0.3 is 9.64 Å². The minimum atomic E-state index is -0.335. The Kier molecular flexibility index (Phi) is 7.10. The maximum Gasteiger partial charge on any atom is 0.266 e. The van der Waals surface area contributed by atoms with Crippen LogP contribution in [0.5, 0.6) is 5.75 Å². The third-order valence-corrected chi connectivity index (χ3v) is 5.43. The van der Waals surface area contributed by atoms with Crippen LogP contribution in [0.3, 0.4) is 0 Å². The predicted molar refractivity (Wildman–Crippen MR) is 124 cm³/mol. The highest BCUT2D eigenvalue weighted by molar-refractivity contribution is 5.79. The van der Waals surface area contributed by atoms with Gasteiger partial charge in [0.05, 0.1) is 29.7 Å². The number of carbonyl (C=O) groups excluding carboxylic acids is 1. The van der Waals surface area contributed by atoms with Crippen molar-refractivity contribution in [1.82, 2.24) is 14.5 Å².